The molecule has 20 heavy (non-hydrogen) atoms. The van der Waals surface area contributed by atoms with E-state index in [0.29, 0.717) is 19.8 Å². The van der Waals surface area contributed by atoms with E-state index in [2.05, 4.69) is 24.0 Å². The van der Waals surface area contributed by atoms with Crippen molar-refractivity contribution in [3.63, 3.8) is 0 Å². The van der Waals surface area contributed by atoms with Crippen molar-refractivity contribution in [2.75, 3.05) is 32.8 Å². The second-order valence-corrected chi connectivity index (χ2v) is 5.69. The highest BCUT2D eigenvalue weighted by molar-refractivity contribution is 5.44. The van der Waals surface area contributed by atoms with Crippen LogP contribution in [0.3, 0.4) is 0 Å². The highest BCUT2D eigenvalue weighted by atomic mass is 16.6. The molecule has 4 nitrogen and oxygen atoms in total. The number of likely N-dealkylation sites (N-methyl/N-ethyl adjacent to an activating group) is 1. The highest BCUT2D eigenvalue weighted by Crippen LogP contribution is 2.36. The van der Waals surface area contributed by atoms with Gasteiger partial charge in [-0.15, -0.1) is 0 Å². The third-order valence-corrected chi connectivity index (χ3v) is 4.21. The molecule has 1 unspecified atom stereocenters. The van der Waals surface area contributed by atoms with E-state index in [-0.39, 0.29) is 6.04 Å². The second-order valence-electron chi connectivity index (χ2n) is 5.69. The van der Waals surface area contributed by atoms with Crippen LogP contribution in [-0.2, 0) is 0 Å². The average molecular weight is 276 g/mol. The molecule has 4 heteroatoms. The van der Waals surface area contributed by atoms with Crippen LogP contribution in [0.25, 0.3) is 0 Å². The van der Waals surface area contributed by atoms with Crippen LogP contribution in [0.5, 0.6) is 11.5 Å². The molecular weight excluding hydrogens is 252 g/mol. The van der Waals surface area contributed by atoms with Crippen LogP contribution in [0.15, 0.2) is 18.2 Å². The van der Waals surface area contributed by atoms with E-state index in [0.717, 1.165) is 30.5 Å². The Balaban J connectivity index is 1.80. The number of nitrogens with two attached hydrogens (primary N) is 1. The van der Waals surface area contributed by atoms with Gasteiger partial charge in [0, 0.05) is 19.1 Å². The second kappa shape index (κ2) is 6.02. The van der Waals surface area contributed by atoms with Crippen molar-refractivity contribution in [1.29, 1.82) is 0 Å². The van der Waals surface area contributed by atoms with E-state index in [4.69, 9.17) is 15.2 Å². The highest BCUT2D eigenvalue weighted by Gasteiger charge is 2.28. The van der Waals surface area contributed by atoms with Crippen molar-refractivity contribution in [1.82, 2.24) is 4.90 Å². The molecule has 0 amide bonds. The van der Waals surface area contributed by atoms with Gasteiger partial charge in [0.05, 0.1) is 0 Å². The van der Waals surface area contributed by atoms with E-state index in [1.54, 1.807) is 0 Å². The van der Waals surface area contributed by atoms with E-state index < -0.39 is 0 Å². The fourth-order valence-corrected chi connectivity index (χ4v) is 2.87. The number of fused-ring (bicyclic) bond motifs is 1. The predicted molar refractivity (Wildman–Crippen MR) is 79.2 cm³/mol. The van der Waals surface area contributed by atoms with Gasteiger partial charge in [0.1, 0.15) is 13.2 Å². The van der Waals surface area contributed by atoms with E-state index >= 15 is 0 Å². The van der Waals surface area contributed by atoms with Crippen LogP contribution >= 0.6 is 0 Å². The molecule has 2 aliphatic rings. The summed E-state index contributed by atoms with van der Waals surface area (Å²) in [6.45, 7) is 6.31. The summed E-state index contributed by atoms with van der Waals surface area (Å²) < 4.78 is 11.3. The molecule has 1 aromatic carbocycles. The lowest BCUT2D eigenvalue weighted by Crippen LogP contribution is -2.35. The summed E-state index contributed by atoms with van der Waals surface area (Å²) in [6, 6.07) is 6.51. The zero-order valence-corrected chi connectivity index (χ0v) is 12.2. The van der Waals surface area contributed by atoms with Gasteiger partial charge < -0.3 is 15.2 Å². The number of benzene rings is 1. The molecule has 0 radical (unpaired) electrons. The van der Waals surface area contributed by atoms with E-state index in [1.807, 2.05) is 6.07 Å². The first-order valence-corrected chi connectivity index (χ1v) is 7.65. The summed E-state index contributed by atoms with van der Waals surface area (Å²) in [7, 11) is 0. The quantitative estimate of drug-likeness (QED) is 0.865. The Bertz CT molecular complexity index is 460. The van der Waals surface area contributed by atoms with Crippen molar-refractivity contribution in [3.8, 4) is 11.5 Å². The molecule has 1 aliphatic carbocycles. The smallest absolute Gasteiger partial charge is 0.161 e. The van der Waals surface area contributed by atoms with Crippen LogP contribution in [0.1, 0.15) is 31.4 Å². The summed E-state index contributed by atoms with van der Waals surface area (Å²) >= 11 is 0. The Kier molecular flexibility index (Phi) is 4.13. The van der Waals surface area contributed by atoms with Crippen LogP contribution < -0.4 is 15.2 Å². The third kappa shape index (κ3) is 2.91. The molecule has 1 atom stereocenters. The van der Waals surface area contributed by atoms with Crippen molar-refractivity contribution in [2.24, 2.45) is 11.7 Å². The first kappa shape index (κ1) is 13.7. The Morgan fingerprint density at radius 3 is 2.65 bits per heavy atom. The number of nitrogens with zero attached hydrogens (tertiary/aromatic N) is 1. The molecule has 0 spiro atoms. The van der Waals surface area contributed by atoms with Gasteiger partial charge in [0.2, 0.25) is 0 Å². The molecule has 0 aromatic heterocycles. The molecule has 1 saturated carbocycles. The largest absolute Gasteiger partial charge is 0.486 e. The minimum atomic E-state index is 0.274. The minimum Gasteiger partial charge on any atom is -0.486 e. The van der Waals surface area contributed by atoms with Crippen LogP contribution in [0.4, 0.5) is 0 Å². The lowest BCUT2D eigenvalue weighted by Gasteiger charge is -2.31. The molecular formula is C16H24N2O2. The van der Waals surface area contributed by atoms with Gasteiger partial charge in [-0.25, -0.2) is 0 Å². The normalized spacial score (nSPS) is 19.1. The lowest BCUT2D eigenvalue weighted by atomic mass is 10.0. The number of rotatable bonds is 6. The van der Waals surface area contributed by atoms with Crippen molar-refractivity contribution in [3.05, 3.63) is 23.8 Å². The maximum Gasteiger partial charge on any atom is 0.161 e. The molecule has 1 aliphatic heterocycles. The molecule has 0 saturated heterocycles. The first-order chi connectivity index (χ1) is 9.81. The van der Waals surface area contributed by atoms with Crippen molar-refractivity contribution < 1.29 is 9.47 Å². The van der Waals surface area contributed by atoms with Gasteiger partial charge in [-0.2, -0.15) is 0 Å². The topological polar surface area (TPSA) is 47.7 Å². The Morgan fingerprint density at radius 2 is 2.00 bits per heavy atom. The van der Waals surface area contributed by atoms with Crippen molar-refractivity contribution in [2.45, 2.75) is 25.8 Å². The van der Waals surface area contributed by atoms with Gasteiger partial charge in [-0.1, -0.05) is 13.0 Å². The standard InChI is InChI=1S/C16H24N2O2/c1-2-18(11-12-3-4-12)14(10-17)13-5-6-15-16(9-13)20-8-7-19-15/h5-6,9,12,14H,2-4,7-8,10-11,17H2,1H3. The van der Waals surface area contributed by atoms with Crippen LogP contribution in [0.2, 0.25) is 0 Å². The molecule has 1 fully saturated rings. The Labute approximate surface area is 120 Å². The summed E-state index contributed by atoms with van der Waals surface area (Å²) in [5.74, 6) is 2.58. The summed E-state index contributed by atoms with van der Waals surface area (Å²) in [5.41, 5.74) is 7.28. The maximum absolute atomic E-state index is 6.04. The number of ether oxygens (including phenoxy) is 2. The van der Waals surface area contributed by atoms with E-state index in [9.17, 15) is 0 Å². The van der Waals surface area contributed by atoms with Gasteiger partial charge >= 0.3 is 0 Å². The zero-order valence-electron chi connectivity index (χ0n) is 12.2. The van der Waals surface area contributed by atoms with Gasteiger partial charge in [-0.3, -0.25) is 4.90 Å². The monoisotopic (exact) mass is 276 g/mol. The molecule has 1 heterocycles. The van der Waals surface area contributed by atoms with Crippen LogP contribution in [-0.4, -0.2) is 37.7 Å². The fraction of sp³-hybridized carbons (Fsp3) is 0.625. The predicted octanol–water partition coefficient (Wildman–Crippen LogP) is 2.19. The molecule has 0 bridgehead atoms. The zero-order chi connectivity index (χ0) is 13.9. The van der Waals surface area contributed by atoms with Gasteiger partial charge in [0.25, 0.3) is 0 Å². The summed E-state index contributed by atoms with van der Waals surface area (Å²) in [6.07, 6.45) is 2.74. The summed E-state index contributed by atoms with van der Waals surface area (Å²) in [4.78, 5) is 2.49. The Morgan fingerprint density at radius 1 is 1.25 bits per heavy atom. The van der Waals surface area contributed by atoms with Crippen LogP contribution in [0, 0.1) is 5.92 Å². The Hall–Kier alpha value is -1.26. The van der Waals surface area contributed by atoms with Gasteiger partial charge in [-0.05, 0) is 43.0 Å². The average Bonchev–Trinajstić information content (AvgIpc) is 3.31. The first-order valence-electron chi connectivity index (χ1n) is 7.65. The molecule has 110 valence electrons. The maximum atomic E-state index is 6.04. The lowest BCUT2D eigenvalue weighted by molar-refractivity contribution is 0.169. The molecule has 3 rings (SSSR count). The van der Waals surface area contributed by atoms with E-state index in [1.165, 1.54) is 18.4 Å². The number of hydrogen-bond donors (Lipinski definition) is 1. The number of hydrogen-bond acceptors (Lipinski definition) is 4. The molecule has 2 N–H and O–H groups in total. The van der Waals surface area contributed by atoms with Crippen molar-refractivity contribution >= 4 is 0 Å². The third-order valence-electron chi connectivity index (χ3n) is 4.21. The summed E-state index contributed by atoms with van der Waals surface area (Å²) in [5, 5.41) is 0. The van der Waals surface area contributed by atoms with Gasteiger partial charge in [0.15, 0.2) is 11.5 Å². The molecule has 1 aromatic rings. The fourth-order valence-electron chi connectivity index (χ4n) is 2.87. The SMILES string of the molecule is CCN(CC1CC1)C(CN)c1ccc2c(c1)OCCO2. The minimum absolute atomic E-state index is 0.274.